The van der Waals surface area contributed by atoms with Gasteiger partial charge in [0.05, 0.1) is 6.61 Å². The van der Waals surface area contributed by atoms with E-state index in [4.69, 9.17) is 0 Å². The molecule has 0 aromatic rings. The summed E-state index contributed by atoms with van der Waals surface area (Å²) in [6.07, 6.45) is 0. The maximum Gasteiger partial charge on any atom is 0.320 e. The Hall–Kier alpha value is -0.580. The van der Waals surface area contributed by atoms with Crippen LogP contribution in [-0.2, 0) is 20.2 Å². The summed E-state index contributed by atoms with van der Waals surface area (Å²) in [7, 11) is -2.63. The zero-order valence-corrected chi connectivity index (χ0v) is 5.89. The average Bonchev–Trinajstić information content (AvgIpc) is 1.63. The van der Waals surface area contributed by atoms with Gasteiger partial charge in [-0.05, 0) is 6.92 Å². The number of carbonyl (C=O) groups excluding carboxylic acids is 1. The average molecular weight is 152 g/mol. The van der Waals surface area contributed by atoms with Crippen molar-refractivity contribution in [2.45, 2.75) is 6.92 Å². The van der Waals surface area contributed by atoms with Gasteiger partial charge in [0.25, 0.3) is 0 Å². The number of esters is 1. The summed E-state index contributed by atoms with van der Waals surface area (Å²) < 4.78 is 24.0. The second-order valence-electron chi connectivity index (χ2n) is 1.30. The van der Waals surface area contributed by atoms with Gasteiger partial charge in [-0.25, -0.2) is 8.42 Å². The Bertz CT molecular complexity index is 152. The quantitative estimate of drug-likeness (QED) is 0.423. The fourth-order valence-electron chi connectivity index (χ4n) is 0.312. The molecule has 0 aromatic carbocycles. The summed E-state index contributed by atoms with van der Waals surface area (Å²) in [6.45, 7) is 1.85. The normalized spacial score (nSPS) is 9.56. The van der Waals surface area contributed by atoms with E-state index in [9.17, 15) is 13.2 Å². The molecule has 4 nitrogen and oxygen atoms in total. The molecule has 0 amide bonds. The molecule has 0 spiro atoms. The second-order valence-corrected chi connectivity index (χ2v) is 2.28. The SMILES string of the molecule is CCOC(=O)C[SH](=O)=O. The van der Waals surface area contributed by atoms with E-state index in [0.717, 1.165) is 0 Å². The van der Waals surface area contributed by atoms with Gasteiger partial charge in [-0.2, -0.15) is 0 Å². The zero-order chi connectivity index (χ0) is 7.28. The lowest BCUT2D eigenvalue weighted by Crippen LogP contribution is -2.09. The Kier molecular flexibility index (Phi) is 4.04. The minimum atomic E-state index is -2.63. The highest BCUT2D eigenvalue weighted by Crippen LogP contribution is 1.76. The maximum absolute atomic E-state index is 10.2. The molecule has 0 radical (unpaired) electrons. The van der Waals surface area contributed by atoms with Crippen molar-refractivity contribution in [3.8, 4) is 0 Å². The van der Waals surface area contributed by atoms with Gasteiger partial charge in [-0.3, -0.25) is 4.79 Å². The Morgan fingerprint density at radius 1 is 1.56 bits per heavy atom. The van der Waals surface area contributed by atoms with Crippen LogP contribution < -0.4 is 0 Å². The molecule has 0 heterocycles. The summed E-state index contributed by atoms with van der Waals surface area (Å²) in [5.41, 5.74) is 0. The first-order chi connectivity index (χ1) is 4.16. The van der Waals surface area contributed by atoms with Crippen molar-refractivity contribution in [2.24, 2.45) is 0 Å². The molecule has 0 saturated heterocycles. The third-order valence-electron chi connectivity index (χ3n) is 0.564. The van der Waals surface area contributed by atoms with E-state index in [1.165, 1.54) is 0 Å². The van der Waals surface area contributed by atoms with E-state index in [0.29, 0.717) is 0 Å². The number of carbonyl (C=O) groups is 1. The van der Waals surface area contributed by atoms with Crippen LogP contribution in [0.5, 0.6) is 0 Å². The summed E-state index contributed by atoms with van der Waals surface area (Å²) >= 11 is 0. The molecule has 0 aliphatic carbocycles. The van der Waals surface area contributed by atoms with Gasteiger partial charge in [-0.15, -0.1) is 0 Å². The Morgan fingerprint density at radius 2 is 2.11 bits per heavy atom. The topological polar surface area (TPSA) is 60.4 Å². The lowest BCUT2D eigenvalue weighted by Gasteiger charge is -1.93. The molecule has 0 bridgehead atoms. The lowest BCUT2D eigenvalue weighted by atomic mass is 10.8. The van der Waals surface area contributed by atoms with Gasteiger partial charge in [0.2, 0.25) is 0 Å². The van der Waals surface area contributed by atoms with E-state index in [1.54, 1.807) is 6.92 Å². The van der Waals surface area contributed by atoms with E-state index in [2.05, 4.69) is 4.74 Å². The van der Waals surface area contributed by atoms with Crippen molar-refractivity contribution >= 4 is 16.7 Å². The number of ether oxygens (including phenoxy) is 1. The van der Waals surface area contributed by atoms with Crippen LogP contribution in [0.4, 0.5) is 0 Å². The van der Waals surface area contributed by atoms with Gasteiger partial charge >= 0.3 is 5.97 Å². The van der Waals surface area contributed by atoms with Gasteiger partial charge < -0.3 is 4.74 Å². The predicted octanol–water partition coefficient (Wildman–Crippen LogP) is -0.839. The predicted molar refractivity (Wildman–Crippen MR) is 31.8 cm³/mol. The van der Waals surface area contributed by atoms with E-state index < -0.39 is 22.4 Å². The highest BCUT2D eigenvalue weighted by Gasteiger charge is 2.00. The van der Waals surface area contributed by atoms with Gasteiger partial charge in [0.15, 0.2) is 10.7 Å². The highest BCUT2D eigenvalue weighted by atomic mass is 32.2. The van der Waals surface area contributed by atoms with Crippen LogP contribution in [0.15, 0.2) is 0 Å². The first-order valence-electron chi connectivity index (χ1n) is 2.44. The number of hydrogen-bond acceptors (Lipinski definition) is 4. The van der Waals surface area contributed by atoms with Crippen LogP contribution in [0.25, 0.3) is 0 Å². The van der Waals surface area contributed by atoms with Crippen LogP contribution in [-0.4, -0.2) is 26.7 Å². The molecule has 0 saturated carbocycles. The fourth-order valence-corrected chi connectivity index (χ4v) is 0.614. The molecule has 54 valence electrons. The molecule has 0 atom stereocenters. The largest absolute Gasteiger partial charge is 0.465 e. The smallest absolute Gasteiger partial charge is 0.320 e. The van der Waals surface area contributed by atoms with Crippen LogP contribution in [0.1, 0.15) is 6.92 Å². The van der Waals surface area contributed by atoms with E-state index in [-0.39, 0.29) is 6.61 Å². The van der Waals surface area contributed by atoms with Crippen molar-refractivity contribution in [3.63, 3.8) is 0 Å². The third-order valence-corrected chi connectivity index (χ3v) is 1.08. The number of hydrogen-bond donors (Lipinski definition) is 1. The molecule has 0 rings (SSSR count). The van der Waals surface area contributed by atoms with Gasteiger partial charge in [0, 0.05) is 0 Å². The summed E-state index contributed by atoms with van der Waals surface area (Å²) in [6, 6.07) is 0. The molecule has 0 fully saturated rings. The minimum absolute atomic E-state index is 0.224. The van der Waals surface area contributed by atoms with Crippen LogP contribution in [0.2, 0.25) is 0 Å². The molecule has 5 heteroatoms. The minimum Gasteiger partial charge on any atom is -0.465 e. The van der Waals surface area contributed by atoms with E-state index in [1.807, 2.05) is 0 Å². The van der Waals surface area contributed by atoms with Crippen molar-refractivity contribution in [1.82, 2.24) is 0 Å². The number of thiol groups is 1. The second kappa shape index (κ2) is 4.31. The molecular formula is C4H8O4S. The monoisotopic (exact) mass is 152 g/mol. The van der Waals surface area contributed by atoms with E-state index >= 15 is 0 Å². The molecule has 0 aliphatic rings. The third kappa shape index (κ3) is 5.29. The Balaban J connectivity index is 3.51. The Morgan fingerprint density at radius 3 is 2.44 bits per heavy atom. The standard InChI is InChI=1S/C4H8O4S/c1-2-8-4(5)3-9(6)7/h9H,2-3H2,1H3. The maximum atomic E-state index is 10.2. The number of rotatable bonds is 3. The van der Waals surface area contributed by atoms with Crippen molar-refractivity contribution in [3.05, 3.63) is 0 Å². The van der Waals surface area contributed by atoms with Crippen LogP contribution in [0, 0.1) is 0 Å². The Labute approximate surface area is 54.8 Å². The molecule has 0 aliphatic heterocycles. The molecule has 0 aromatic heterocycles. The molecule has 0 N–H and O–H groups in total. The molecule has 0 unspecified atom stereocenters. The van der Waals surface area contributed by atoms with Gasteiger partial charge in [0.1, 0.15) is 5.75 Å². The summed E-state index contributed by atoms with van der Waals surface area (Å²) in [4.78, 5) is 10.2. The van der Waals surface area contributed by atoms with Crippen molar-refractivity contribution in [2.75, 3.05) is 12.4 Å². The molecular weight excluding hydrogens is 144 g/mol. The molecule has 9 heavy (non-hydrogen) atoms. The first kappa shape index (κ1) is 8.42. The zero-order valence-electron chi connectivity index (χ0n) is 4.99. The summed E-state index contributed by atoms with van der Waals surface area (Å²) in [5, 5.41) is 0. The van der Waals surface area contributed by atoms with Crippen molar-refractivity contribution < 1.29 is 17.9 Å². The summed E-state index contributed by atoms with van der Waals surface area (Å²) in [5.74, 6) is -1.20. The van der Waals surface area contributed by atoms with Gasteiger partial charge in [-0.1, -0.05) is 0 Å². The lowest BCUT2D eigenvalue weighted by molar-refractivity contribution is -0.139. The highest BCUT2D eigenvalue weighted by molar-refractivity contribution is 7.73. The van der Waals surface area contributed by atoms with Crippen LogP contribution in [0.3, 0.4) is 0 Å². The first-order valence-corrected chi connectivity index (χ1v) is 3.80. The van der Waals surface area contributed by atoms with Crippen molar-refractivity contribution in [1.29, 1.82) is 0 Å². The fraction of sp³-hybridized carbons (Fsp3) is 0.750. The van der Waals surface area contributed by atoms with Crippen LogP contribution >= 0.6 is 0 Å².